The number of hydrogen-bond acceptors (Lipinski definition) is 5. The van der Waals surface area contributed by atoms with Crippen LogP contribution in [0.2, 0.25) is 0 Å². The first kappa shape index (κ1) is 20.4. The number of nitrogens with zero attached hydrogens (tertiary/aromatic N) is 2. The Balaban J connectivity index is 1.26. The van der Waals surface area contributed by atoms with E-state index in [1.165, 1.54) is 0 Å². The molecule has 4 aromatic rings. The van der Waals surface area contributed by atoms with Gasteiger partial charge in [0, 0.05) is 40.7 Å². The summed E-state index contributed by atoms with van der Waals surface area (Å²) in [6.45, 7) is 2.70. The fourth-order valence-electron chi connectivity index (χ4n) is 3.83. The predicted molar refractivity (Wildman–Crippen MR) is 124 cm³/mol. The molecule has 162 valence electrons. The molecular weight excluding hydrogens is 424 g/mol. The van der Waals surface area contributed by atoms with E-state index in [9.17, 15) is 9.59 Å². The molecule has 1 fully saturated rings. The highest BCUT2D eigenvalue weighted by molar-refractivity contribution is 7.17. The first-order chi connectivity index (χ1) is 15.7. The number of thiophene rings is 1. The number of benzene rings is 2. The van der Waals surface area contributed by atoms with Crippen LogP contribution >= 0.6 is 11.3 Å². The van der Waals surface area contributed by atoms with E-state index >= 15 is 0 Å². The monoisotopic (exact) mass is 446 g/mol. The molecule has 2 aromatic carbocycles. The summed E-state index contributed by atoms with van der Waals surface area (Å²) in [7, 11) is 0. The zero-order valence-electron chi connectivity index (χ0n) is 17.3. The molecule has 0 atom stereocenters. The number of H-pyrrole nitrogens is 1. The van der Waals surface area contributed by atoms with Crippen LogP contribution in [0.25, 0.3) is 21.3 Å². The van der Waals surface area contributed by atoms with Crippen molar-refractivity contribution in [3.63, 3.8) is 0 Å². The number of aromatic amines is 1. The van der Waals surface area contributed by atoms with E-state index in [0.29, 0.717) is 49.7 Å². The van der Waals surface area contributed by atoms with E-state index in [4.69, 9.17) is 4.74 Å². The maximum Gasteiger partial charge on any atom is 0.257 e. The van der Waals surface area contributed by atoms with Gasteiger partial charge in [-0.1, -0.05) is 42.5 Å². The molecule has 8 heteroatoms. The maximum absolute atomic E-state index is 12.9. The third-order valence-corrected chi connectivity index (χ3v) is 6.55. The molecule has 2 aromatic heterocycles. The lowest BCUT2D eigenvalue weighted by Gasteiger charge is -2.26. The first-order valence-electron chi connectivity index (χ1n) is 10.4. The van der Waals surface area contributed by atoms with Gasteiger partial charge in [-0.2, -0.15) is 5.10 Å². The number of nitrogens with one attached hydrogen (secondary N) is 2. The van der Waals surface area contributed by atoms with Gasteiger partial charge >= 0.3 is 0 Å². The van der Waals surface area contributed by atoms with Crippen molar-refractivity contribution in [2.45, 2.75) is 6.54 Å². The van der Waals surface area contributed by atoms with Gasteiger partial charge in [0.2, 0.25) is 0 Å². The van der Waals surface area contributed by atoms with Gasteiger partial charge in [-0.15, -0.1) is 11.3 Å². The van der Waals surface area contributed by atoms with Crippen LogP contribution < -0.4 is 5.32 Å². The molecular formula is C24H22N4O3S. The summed E-state index contributed by atoms with van der Waals surface area (Å²) in [5, 5.41) is 12.9. The van der Waals surface area contributed by atoms with Crippen molar-refractivity contribution in [3.8, 4) is 11.3 Å². The van der Waals surface area contributed by atoms with Crippen molar-refractivity contribution < 1.29 is 14.3 Å². The molecule has 5 rings (SSSR count). The normalized spacial score (nSPS) is 13.9. The number of carbonyl (C=O) groups is 2. The van der Waals surface area contributed by atoms with Gasteiger partial charge in [0.25, 0.3) is 11.8 Å². The van der Waals surface area contributed by atoms with Gasteiger partial charge in [0.1, 0.15) is 0 Å². The number of amides is 2. The minimum absolute atomic E-state index is 0.0450. The SMILES string of the molecule is O=C(NCc1ccc(-c2[nH]ncc2C(=O)N2CCOCC2)cc1)c1csc2ccccc12. The van der Waals surface area contributed by atoms with Crippen molar-refractivity contribution in [1.82, 2.24) is 20.4 Å². The second-order valence-electron chi connectivity index (χ2n) is 7.59. The molecule has 0 bridgehead atoms. The van der Waals surface area contributed by atoms with Crippen molar-refractivity contribution in [2.75, 3.05) is 26.3 Å². The van der Waals surface area contributed by atoms with E-state index in [1.54, 1.807) is 22.4 Å². The van der Waals surface area contributed by atoms with Crippen LogP contribution in [0.5, 0.6) is 0 Å². The molecule has 0 saturated carbocycles. The number of fused-ring (bicyclic) bond motifs is 1. The first-order valence-corrected chi connectivity index (χ1v) is 11.3. The molecule has 2 N–H and O–H groups in total. The summed E-state index contributed by atoms with van der Waals surface area (Å²) >= 11 is 1.57. The van der Waals surface area contributed by atoms with Gasteiger partial charge < -0.3 is 15.0 Å². The van der Waals surface area contributed by atoms with Crippen LogP contribution in [0, 0.1) is 0 Å². The lowest BCUT2D eigenvalue weighted by Crippen LogP contribution is -2.40. The molecule has 0 radical (unpaired) electrons. The topological polar surface area (TPSA) is 87.3 Å². The van der Waals surface area contributed by atoms with E-state index in [2.05, 4.69) is 15.5 Å². The minimum atomic E-state index is -0.0847. The number of morpholine rings is 1. The molecule has 0 spiro atoms. The lowest BCUT2D eigenvalue weighted by molar-refractivity contribution is 0.0303. The number of aromatic nitrogens is 2. The number of carbonyl (C=O) groups excluding carboxylic acids is 2. The van der Waals surface area contributed by atoms with Gasteiger partial charge in [-0.3, -0.25) is 14.7 Å². The summed E-state index contributed by atoms with van der Waals surface area (Å²) in [6.07, 6.45) is 1.58. The fourth-order valence-corrected chi connectivity index (χ4v) is 4.77. The third kappa shape index (κ3) is 4.02. The van der Waals surface area contributed by atoms with Gasteiger partial charge in [-0.25, -0.2) is 0 Å². The Bertz CT molecular complexity index is 1260. The molecule has 7 nitrogen and oxygen atoms in total. The molecule has 1 saturated heterocycles. The van der Waals surface area contributed by atoms with Gasteiger partial charge in [0.15, 0.2) is 0 Å². The molecule has 1 aliphatic heterocycles. The van der Waals surface area contributed by atoms with E-state index in [-0.39, 0.29) is 11.8 Å². The zero-order valence-corrected chi connectivity index (χ0v) is 18.2. The molecule has 0 unspecified atom stereocenters. The molecule has 2 amide bonds. The number of hydrogen-bond donors (Lipinski definition) is 2. The Kier molecular flexibility index (Phi) is 5.70. The van der Waals surface area contributed by atoms with Gasteiger partial charge in [-0.05, 0) is 11.6 Å². The average molecular weight is 447 g/mol. The molecule has 1 aliphatic rings. The second-order valence-corrected chi connectivity index (χ2v) is 8.50. The van der Waals surface area contributed by atoms with Crippen molar-refractivity contribution >= 4 is 33.2 Å². The van der Waals surface area contributed by atoms with Crippen molar-refractivity contribution in [3.05, 3.63) is 76.8 Å². The summed E-state index contributed by atoms with van der Waals surface area (Å²) in [5.41, 5.74) is 3.80. The van der Waals surface area contributed by atoms with E-state index < -0.39 is 0 Å². The third-order valence-electron chi connectivity index (χ3n) is 5.59. The quantitative estimate of drug-likeness (QED) is 0.489. The molecule has 32 heavy (non-hydrogen) atoms. The van der Waals surface area contributed by atoms with Crippen LogP contribution in [0.15, 0.2) is 60.1 Å². The summed E-state index contributed by atoms with van der Waals surface area (Å²) in [6, 6.07) is 15.7. The largest absolute Gasteiger partial charge is 0.378 e. The average Bonchev–Trinajstić information content (AvgIpc) is 3.51. The standard InChI is InChI=1S/C24H22N4O3S/c29-23(20-15-32-21-4-2-1-3-18(20)21)25-13-16-5-7-17(8-6-16)22-19(14-26-27-22)24(30)28-9-11-31-12-10-28/h1-8,14-15H,9-13H2,(H,25,29)(H,26,27). The number of ether oxygens (including phenoxy) is 1. The number of rotatable bonds is 5. The second kappa shape index (κ2) is 8.94. The fraction of sp³-hybridized carbons (Fsp3) is 0.208. The van der Waals surface area contributed by atoms with Crippen molar-refractivity contribution in [2.24, 2.45) is 0 Å². The minimum Gasteiger partial charge on any atom is -0.378 e. The van der Waals surface area contributed by atoms with Crippen LogP contribution in [0.4, 0.5) is 0 Å². The van der Waals surface area contributed by atoms with Crippen LogP contribution in [-0.4, -0.2) is 53.2 Å². The highest BCUT2D eigenvalue weighted by atomic mass is 32.1. The Labute approximate surface area is 189 Å². The zero-order chi connectivity index (χ0) is 21.9. The highest BCUT2D eigenvalue weighted by Crippen LogP contribution is 2.26. The molecule has 0 aliphatic carbocycles. The van der Waals surface area contributed by atoms with Crippen molar-refractivity contribution in [1.29, 1.82) is 0 Å². The summed E-state index contributed by atoms with van der Waals surface area (Å²) in [5.74, 6) is -0.130. The van der Waals surface area contributed by atoms with Gasteiger partial charge in [0.05, 0.1) is 36.2 Å². The molecule has 3 heterocycles. The van der Waals surface area contributed by atoms with Crippen LogP contribution in [0.3, 0.4) is 0 Å². The maximum atomic E-state index is 12.9. The van der Waals surface area contributed by atoms with Crippen LogP contribution in [0.1, 0.15) is 26.3 Å². The Morgan fingerprint density at radius 3 is 2.66 bits per heavy atom. The van der Waals surface area contributed by atoms with E-state index in [1.807, 2.05) is 53.9 Å². The predicted octanol–water partition coefficient (Wildman–Crippen LogP) is 3.69. The lowest BCUT2D eigenvalue weighted by atomic mass is 10.0. The smallest absolute Gasteiger partial charge is 0.257 e. The van der Waals surface area contributed by atoms with Crippen LogP contribution in [-0.2, 0) is 11.3 Å². The highest BCUT2D eigenvalue weighted by Gasteiger charge is 2.23. The summed E-state index contributed by atoms with van der Waals surface area (Å²) in [4.78, 5) is 27.3. The van der Waals surface area contributed by atoms with E-state index in [0.717, 1.165) is 21.2 Å². The Hall–Kier alpha value is -3.49. The Morgan fingerprint density at radius 2 is 1.84 bits per heavy atom. The Morgan fingerprint density at radius 1 is 1.06 bits per heavy atom. The summed E-state index contributed by atoms with van der Waals surface area (Å²) < 4.78 is 6.43.